The van der Waals surface area contributed by atoms with Crippen LogP contribution in [-0.2, 0) is 11.3 Å². The number of carbonyl (C=O) groups is 1. The second kappa shape index (κ2) is 6.96. The van der Waals surface area contributed by atoms with E-state index in [2.05, 4.69) is 5.32 Å². The predicted octanol–water partition coefficient (Wildman–Crippen LogP) is 0.514. The Morgan fingerprint density at radius 1 is 1.42 bits per heavy atom. The number of ether oxygens (including phenoxy) is 2. The van der Waals surface area contributed by atoms with Gasteiger partial charge in [0.15, 0.2) is 0 Å². The number of hydrogen-bond acceptors (Lipinski definition) is 5. The highest BCUT2D eigenvalue weighted by Gasteiger charge is 2.13. The Labute approximate surface area is 112 Å². The van der Waals surface area contributed by atoms with Crippen molar-refractivity contribution in [1.29, 1.82) is 0 Å². The van der Waals surface area contributed by atoms with E-state index in [1.54, 1.807) is 20.3 Å². The molecular weight excluding hydrogens is 248 g/mol. The van der Waals surface area contributed by atoms with E-state index in [1.165, 1.54) is 0 Å². The van der Waals surface area contributed by atoms with E-state index in [1.807, 2.05) is 13.0 Å². The third kappa shape index (κ3) is 4.11. The second-order valence-electron chi connectivity index (χ2n) is 4.20. The van der Waals surface area contributed by atoms with Crippen LogP contribution in [0.15, 0.2) is 12.1 Å². The van der Waals surface area contributed by atoms with Crippen molar-refractivity contribution in [2.75, 3.05) is 20.8 Å². The van der Waals surface area contributed by atoms with Crippen LogP contribution >= 0.6 is 0 Å². The molecule has 0 heterocycles. The lowest BCUT2D eigenvalue weighted by Crippen LogP contribution is -2.40. The fourth-order valence-corrected chi connectivity index (χ4v) is 1.72. The van der Waals surface area contributed by atoms with Gasteiger partial charge < -0.3 is 25.6 Å². The summed E-state index contributed by atoms with van der Waals surface area (Å²) >= 11 is 0. The van der Waals surface area contributed by atoms with Gasteiger partial charge in [-0.1, -0.05) is 0 Å². The van der Waals surface area contributed by atoms with E-state index < -0.39 is 12.0 Å². The molecule has 1 aromatic carbocycles. The number of carboxylic acid groups (broad SMARTS) is 1. The van der Waals surface area contributed by atoms with Crippen LogP contribution in [0, 0.1) is 6.92 Å². The van der Waals surface area contributed by atoms with Crippen molar-refractivity contribution in [3.05, 3.63) is 23.3 Å². The normalized spacial score (nSPS) is 12.0. The van der Waals surface area contributed by atoms with E-state index in [0.717, 1.165) is 16.9 Å². The van der Waals surface area contributed by atoms with Gasteiger partial charge in [0.1, 0.15) is 17.5 Å². The number of nitrogens with one attached hydrogen (secondary N) is 1. The van der Waals surface area contributed by atoms with E-state index in [-0.39, 0.29) is 6.54 Å². The molecule has 0 aromatic heterocycles. The Hall–Kier alpha value is -1.79. The molecule has 1 atom stereocenters. The maximum Gasteiger partial charge on any atom is 0.321 e. The summed E-state index contributed by atoms with van der Waals surface area (Å²) in [6.07, 6.45) is 0. The van der Waals surface area contributed by atoms with E-state index in [0.29, 0.717) is 12.3 Å². The summed E-state index contributed by atoms with van der Waals surface area (Å²) in [4.78, 5) is 10.6. The zero-order valence-electron chi connectivity index (χ0n) is 11.4. The van der Waals surface area contributed by atoms with Gasteiger partial charge in [0, 0.05) is 24.7 Å². The minimum atomic E-state index is -1.02. The Balaban J connectivity index is 2.75. The van der Waals surface area contributed by atoms with Crippen molar-refractivity contribution in [1.82, 2.24) is 5.32 Å². The first kappa shape index (κ1) is 15.3. The predicted molar refractivity (Wildman–Crippen MR) is 71.6 cm³/mol. The average Bonchev–Trinajstić information content (AvgIpc) is 2.39. The van der Waals surface area contributed by atoms with E-state index in [4.69, 9.17) is 20.3 Å². The number of benzene rings is 1. The molecule has 106 valence electrons. The minimum absolute atomic E-state index is 0.198. The number of aliphatic carboxylic acids is 1. The summed E-state index contributed by atoms with van der Waals surface area (Å²) < 4.78 is 10.5. The highest BCUT2D eigenvalue weighted by Crippen LogP contribution is 2.28. The molecule has 6 heteroatoms. The summed E-state index contributed by atoms with van der Waals surface area (Å²) in [7, 11) is 3.18. The Bertz CT molecular complexity index is 449. The monoisotopic (exact) mass is 268 g/mol. The molecule has 0 aliphatic rings. The number of rotatable bonds is 7. The maximum atomic E-state index is 10.6. The average molecular weight is 268 g/mol. The molecule has 1 aromatic rings. The van der Waals surface area contributed by atoms with Gasteiger partial charge in [-0.2, -0.15) is 0 Å². The zero-order valence-corrected chi connectivity index (χ0v) is 11.4. The summed E-state index contributed by atoms with van der Waals surface area (Å²) in [5, 5.41) is 11.7. The van der Waals surface area contributed by atoms with Crippen molar-refractivity contribution < 1.29 is 19.4 Å². The molecule has 4 N–H and O–H groups in total. The van der Waals surface area contributed by atoms with Crippen molar-refractivity contribution in [2.24, 2.45) is 5.73 Å². The summed E-state index contributed by atoms with van der Waals surface area (Å²) in [6.45, 7) is 2.63. The third-order valence-electron chi connectivity index (χ3n) is 2.84. The molecule has 0 aliphatic heterocycles. The van der Waals surface area contributed by atoms with Crippen LogP contribution in [0.25, 0.3) is 0 Å². The third-order valence-corrected chi connectivity index (χ3v) is 2.84. The number of hydrogen-bond donors (Lipinski definition) is 3. The van der Waals surface area contributed by atoms with Gasteiger partial charge in [-0.25, -0.2) is 0 Å². The first-order valence-corrected chi connectivity index (χ1v) is 5.90. The first-order chi connectivity index (χ1) is 8.99. The Morgan fingerprint density at radius 2 is 2.11 bits per heavy atom. The van der Waals surface area contributed by atoms with Crippen molar-refractivity contribution >= 4 is 5.97 Å². The minimum Gasteiger partial charge on any atom is -0.497 e. The van der Waals surface area contributed by atoms with E-state index in [9.17, 15) is 4.79 Å². The maximum absolute atomic E-state index is 10.6. The van der Waals surface area contributed by atoms with Gasteiger partial charge in [-0.3, -0.25) is 4.79 Å². The second-order valence-corrected chi connectivity index (χ2v) is 4.20. The van der Waals surface area contributed by atoms with Crippen LogP contribution in [-0.4, -0.2) is 37.9 Å². The standard InChI is InChI=1S/C13H20N2O4/c1-8-4-9(18-2)5-12(19-3)10(8)6-15-7-11(14)13(16)17/h4-5,11,15H,6-7,14H2,1-3H3,(H,16,17). The molecule has 0 aliphatic carbocycles. The fourth-order valence-electron chi connectivity index (χ4n) is 1.72. The van der Waals surface area contributed by atoms with Crippen molar-refractivity contribution in [3.8, 4) is 11.5 Å². The van der Waals surface area contributed by atoms with Crippen LogP contribution in [0.5, 0.6) is 11.5 Å². The van der Waals surface area contributed by atoms with Crippen molar-refractivity contribution in [2.45, 2.75) is 19.5 Å². The first-order valence-electron chi connectivity index (χ1n) is 5.90. The lowest BCUT2D eigenvalue weighted by Gasteiger charge is -2.15. The smallest absolute Gasteiger partial charge is 0.321 e. The van der Waals surface area contributed by atoms with Gasteiger partial charge >= 0.3 is 5.97 Å². The SMILES string of the molecule is COc1cc(C)c(CNCC(N)C(=O)O)c(OC)c1. The van der Waals surface area contributed by atoms with Gasteiger partial charge in [-0.15, -0.1) is 0 Å². The summed E-state index contributed by atoms with van der Waals surface area (Å²) in [5.74, 6) is 0.402. The molecule has 0 amide bonds. The quantitative estimate of drug-likeness (QED) is 0.667. The number of aryl methyl sites for hydroxylation is 1. The van der Waals surface area contributed by atoms with Crippen LogP contribution < -0.4 is 20.5 Å². The molecule has 1 rings (SSSR count). The largest absolute Gasteiger partial charge is 0.497 e. The molecule has 0 radical (unpaired) electrons. The molecule has 1 unspecified atom stereocenters. The molecule has 0 spiro atoms. The van der Waals surface area contributed by atoms with Gasteiger partial charge in [0.2, 0.25) is 0 Å². The molecular formula is C13H20N2O4. The van der Waals surface area contributed by atoms with Crippen LogP contribution in [0.2, 0.25) is 0 Å². The van der Waals surface area contributed by atoms with Crippen LogP contribution in [0.1, 0.15) is 11.1 Å². The van der Waals surface area contributed by atoms with Crippen LogP contribution in [0.3, 0.4) is 0 Å². The van der Waals surface area contributed by atoms with Gasteiger partial charge in [-0.05, 0) is 18.6 Å². The fraction of sp³-hybridized carbons (Fsp3) is 0.462. The molecule has 6 nitrogen and oxygen atoms in total. The molecule has 0 bridgehead atoms. The topological polar surface area (TPSA) is 93.8 Å². The lowest BCUT2D eigenvalue weighted by molar-refractivity contribution is -0.138. The summed E-state index contributed by atoms with van der Waals surface area (Å²) in [5.41, 5.74) is 7.39. The molecule has 0 fully saturated rings. The van der Waals surface area contributed by atoms with E-state index >= 15 is 0 Å². The Kier molecular flexibility index (Phi) is 5.59. The highest BCUT2D eigenvalue weighted by molar-refractivity contribution is 5.73. The lowest BCUT2D eigenvalue weighted by atomic mass is 10.1. The van der Waals surface area contributed by atoms with Gasteiger partial charge in [0.05, 0.1) is 14.2 Å². The molecule has 19 heavy (non-hydrogen) atoms. The number of carboxylic acids is 1. The summed E-state index contributed by atoms with van der Waals surface area (Å²) in [6, 6.07) is 2.78. The van der Waals surface area contributed by atoms with Crippen LogP contribution in [0.4, 0.5) is 0 Å². The van der Waals surface area contributed by atoms with Crippen molar-refractivity contribution in [3.63, 3.8) is 0 Å². The molecule has 0 saturated carbocycles. The Morgan fingerprint density at radius 3 is 2.63 bits per heavy atom. The molecule has 0 saturated heterocycles. The van der Waals surface area contributed by atoms with Gasteiger partial charge in [0.25, 0.3) is 0 Å². The highest BCUT2D eigenvalue weighted by atomic mass is 16.5. The number of methoxy groups -OCH3 is 2. The number of nitrogens with two attached hydrogens (primary N) is 1. The zero-order chi connectivity index (χ0) is 14.4.